The molecule has 9 heteroatoms. The summed E-state index contributed by atoms with van der Waals surface area (Å²) in [5, 5.41) is 21.1. The fraction of sp³-hybridized carbons (Fsp3) is 0.500. The van der Waals surface area contributed by atoms with Crippen LogP contribution in [0.4, 0.5) is 0 Å². The molecule has 2 aromatic carbocycles. The van der Waals surface area contributed by atoms with Gasteiger partial charge in [0.2, 0.25) is 11.8 Å². The van der Waals surface area contributed by atoms with Crippen LogP contribution in [-0.2, 0) is 20.0 Å². The molecule has 2 unspecified atom stereocenters. The van der Waals surface area contributed by atoms with E-state index >= 15 is 0 Å². The number of fused-ring (bicyclic) bond motifs is 3. The van der Waals surface area contributed by atoms with E-state index < -0.39 is 17.6 Å². The van der Waals surface area contributed by atoms with Gasteiger partial charge in [0.15, 0.2) is 5.60 Å². The lowest BCUT2D eigenvalue weighted by atomic mass is 9.89. The monoisotopic (exact) mass is 615 g/mol. The molecule has 242 valence electrons. The Morgan fingerprint density at radius 2 is 1.69 bits per heavy atom. The number of carbonyl (C=O) groups excluding carboxylic acids is 3. The zero-order valence-corrected chi connectivity index (χ0v) is 27.2. The first-order valence-corrected chi connectivity index (χ1v) is 16.6. The summed E-state index contributed by atoms with van der Waals surface area (Å²) in [6.07, 6.45) is 7.88. The molecule has 2 fully saturated rings. The number of carbonyl (C=O) groups is 3. The van der Waals surface area contributed by atoms with Crippen LogP contribution in [0.25, 0.3) is 11.1 Å². The molecule has 0 saturated carbocycles. The van der Waals surface area contributed by atoms with Crippen LogP contribution in [0.2, 0.25) is 0 Å². The molecule has 4 aliphatic rings. The molecule has 0 bridgehead atoms. The molecule has 45 heavy (non-hydrogen) atoms. The SMILES string of the molecule is CC.CC1=C(CNC(=O)C2CCCN2C(=O)C2(O)c3ccccc3-c3ccccc32)CCC=N1.CCC(=O)NC1CCCNC1. The van der Waals surface area contributed by atoms with Gasteiger partial charge in [-0.1, -0.05) is 69.3 Å². The van der Waals surface area contributed by atoms with Crippen molar-refractivity contribution in [3.8, 4) is 11.1 Å². The number of aliphatic hydroxyl groups is 1. The van der Waals surface area contributed by atoms with Crippen molar-refractivity contribution in [3.63, 3.8) is 0 Å². The maximum absolute atomic E-state index is 13.8. The van der Waals surface area contributed by atoms with Crippen LogP contribution in [0.3, 0.4) is 0 Å². The van der Waals surface area contributed by atoms with Crippen molar-refractivity contribution in [2.75, 3.05) is 26.2 Å². The largest absolute Gasteiger partial charge is 0.372 e. The number of aliphatic imine (C=N–C) groups is 1. The van der Waals surface area contributed by atoms with Crippen LogP contribution >= 0.6 is 0 Å². The molecule has 0 spiro atoms. The molecular formula is C36H49N5O4. The summed E-state index contributed by atoms with van der Waals surface area (Å²) < 4.78 is 0. The van der Waals surface area contributed by atoms with E-state index in [2.05, 4.69) is 20.9 Å². The Morgan fingerprint density at radius 3 is 2.29 bits per heavy atom. The average Bonchev–Trinajstić information content (AvgIpc) is 3.68. The van der Waals surface area contributed by atoms with Gasteiger partial charge in [-0.15, -0.1) is 0 Å². The molecule has 0 radical (unpaired) electrons. The van der Waals surface area contributed by atoms with Gasteiger partial charge in [-0.25, -0.2) is 0 Å². The van der Waals surface area contributed by atoms with Crippen LogP contribution in [-0.4, -0.2) is 72.2 Å². The number of hydrogen-bond donors (Lipinski definition) is 4. The third-order valence-corrected chi connectivity index (χ3v) is 8.88. The topological polar surface area (TPSA) is 123 Å². The molecule has 2 atom stereocenters. The average molecular weight is 616 g/mol. The molecule has 4 N–H and O–H groups in total. The maximum Gasteiger partial charge on any atom is 0.264 e. The van der Waals surface area contributed by atoms with Gasteiger partial charge in [0, 0.05) is 55.1 Å². The smallest absolute Gasteiger partial charge is 0.264 e. The highest BCUT2D eigenvalue weighted by Crippen LogP contribution is 2.48. The second-order valence-electron chi connectivity index (χ2n) is 11.7. The first kappa shape index (κ1) is 34.1. The first-order chi connectivity index (χ1) is 21.8. The van der Waals surface area contributed by atoms with Crippen LogP contribution in [0.15, 0.2) is 64.8 Å². The predicted molar refractivity (Wildman–Crippen MR) is 179 cm³/mol. The number of piperidine rings is 1. The Kier molecular flexibility index (Phi) is 12.1. The van der Waals surface area contributed by atoms with E-state index in [1.165, 1.54) is 6.42 Å². The van der Waals surface area contributed by atoms with Gasteiger partial charge in [0.1, 0.15) is 6.04 Å². The Bertz CT molecular complexity index is 1370. The number of rotatable bonds is 6. The van der Waals surface area contributed by atoms with Crippen molar-refractivity contribution in [1.29, 1.82) is 0 Å². The zero-order chi connectivity index (χ0) is 32.4. The lowest BCUT2D eigenvalue weighted by Crippen LogP contribution is -2.53. The molecule has 3 amide bonds. The molecule has 0 aromatic heterocycles. The van der Waals surface area contributed by atoms with Gasteiger partial charge >= 0.3 is 0 Å². The zero-order valence-electron chi connectivity index (χ0n) is 27.2. The summed E-state index contributed by atoms with van der Waals surface area (Å²) >= 11 is 0. The molecule has 1 aliphatic carbocycles. The number of hydrogen-bond acceptors (Lipinski definition) is 6. The second kappa shape index (κ2) is 16.0. The third kappa shape index (κ3) is 7.53. The summed E-state index contributed by atoms with van der Waals surface area (Å²) in [5.74, 6) is -0.433. The number of amides is 3. The lowest BCUT2D eigenvalue weighted by molar-refractivity contribution is -0.151. The quantitative estimate of drug-likeness (QED) is 0.383. The second-order valence-corrected chi connectivity index (χ2v) is 11.7. The normalized spacial score (nSPS) is 21.0. The van der Waals surface area contributed by atoms with Crippen molar-refractivity contribution in [1.82, 2.24) is 20.9 Å². The molecule has 9 nitrogen and oxygen atoms in total. The number of likely N-dealkylation sites (tertiary alicyclic amines) is 1. The predicted octanol–water partition coefficient (Wildman–Crippen LogP) is 4.44. The first-order valence-electron chi connectivity index (χ1n) is 16.6. The van der Waals surface area contributed by atoms with Crippen molar-refractivity contribution >= 4 is 23.9 Å². The van der Waals surface area contributed by atoms with Crippen LogP contribution < -0.4 is 16.0 Å². The Balaban J connectivity index is 0.000000299. The Hall–Kier alpha value is -3.82. The van der Waals surface area contributed by atoms with E-state index in [1.54, 1.807) is 17.0 Å². The highest BCUT2D eigenvalue weighted by molar-refractivity contribution is 6.01. The van der Waals surface area contributed by atoms with E-state index in [0.29, 0.717) is 43.1 Å². The Labute approximate surface area is 267 Å². The van der Waals surface area contributed by atoms with E-state index in [4.69, 9.17) is 0 Å². The highest BCUT2D eigenvalue weighted by Gasteiger charge is 2.52. The van der Waals surface area contributed by atoms with Crippen molar-refractivity contribution in [3.05, 3.63) is 70.9 Å². The molecule has 3 aliphatic heterocycles. The van der Waals surface area contributed by atoms with Gasteiger partial charge in [-0.2, -0.15) is 0 Å². The van der Waals surface area contributed by atoms with Crippen molar-refractivity contribution in [2.24, 2.45) is 4.99 Å². The van der Waals surface area contributed by atoms with Gasteiger partial charge in [-0.3, -0.25) is 19.4 Å². The van der Waals surface area contributed by atoms with Gasteiger partial charge in [0.05, 0.1) is 0 Å². The van der Waals surface area contributed by atoms with Gasteiger partial charge < -0.3 is 26.0 Å². The molecule has 3 heterocycles. The summed E-state index contributed by atoms with van der Waals surface area (Å²) in [6, 6.07) is 14.7. The summed E-state index contributed by atoms with van der Waals surface area (Å²) in [7, 11) is 0. The van der Waals surface area contributed by atoms with E-state index in [9.17, 15) is 19.5 Å². The minimum Gasteiger partial charge on any atom is -0.372 e. The molecule has 2 saturated heterocycles. The fourth-order valence-electron chi connectivity index (χ4n) is 6.48. The van der Waals surface area contributed by atoms with Crippen molar-refractivity contribution in [2.45, 2.75) is 90.3 Å². The highest BCUT2D eigenvalue weighted by atomic mass is 16.3. The Morgan fingerprint density at radius 1 is 1.02 bits per heavy atom. The van der Waals surface area contributed by atoms with E-state index in [1.807, 2.05) is 70.3 Å². The summed E-state index contributed by atoms with van der Waals surface area (Å²) in [4.78, 5) is 43.8. The fourth-order valence-corrected chi connectivity index (χ4v) is 6.48. The van der Waals surface area contributed by atoms with Crippen LogP contribution in [0.1, 0.15) is 83.8 Å². The number of nitrogens with one attached hydrogen (secondary N) is 3. The van der Waals surface area contributed by atoms with Gasteiger partial charge in [-0.05, 0) is 68.7 Å². The van der Waals surface area contributed by atoms with E-state index in [0.717, 1.165) is 61.2 Å². The third-order valence-electron chi connectivity index (χ3n) is 8.88. The lowest BCUT2D eigenvalue weighted by Gasteiger charge is -2.33. The van der Waals surface area contributed by atoms with Crippen LogP contribution in [0, 0.1) is 0 Å². The summed E-state index contributed by atoms with van der Waals surface area (Å²) in [5.41, 5.74) is 3.17. The molecular weight excluding hydrogens is 566 g/mol. The number of benzene rings is 2. The van der Waals surface area contributed by atoms with Gasteiger partial charge in [0.25, 0.3) is 5.91 Å². The van der Waals surface area contributed by atoms with E-state index in [-0.39, 0.29) is 11.8 Å². The standard InChI is InChI=1S/C26H27N3O3.C8H16N2O.C2H6/c1-17-18(8-6-14-27-17)16-28-24(30)23-13-7-15-29(23)25(31)26(32)21-11-4-2-9-19(21)20-10-3-5-12-22(20)26;1-2-8(11)10-7-4-3-5-9-6-7;1-2/h2-5,9-12,14,23,32H,6-8,13,15-16H2,1H3,(H,28,30);7,9H,2-6H2,1H3,(H,10,11);1-2H3. The summed E-state index contributed by atoms with van der Waals surface area (Å²) in [6.45, 7) is 10.8. The minimum atomic E-state index is -1.78. The van der Waals surface area contributed by atoms with Crippen LogP contribution in [0.5, 0.6) is 0 Å². The maximum atomic E-state index is 13.8. The van der Waals surface area contributed by atoms with Crippen molar-refractivity contribution < 1.29 is 19.5 Å². The number of nitrogens with zero attached hydrogens (tertiary/aromatic N) is 2. The number of allylic oxidation sites excluding steroid dienone is 1. The minimum absolute atomic E-state index is 0.165. The molecule has 2 aromatic rings. The molecule has 6 rings (SSSR count).